The highest BCUT2D eigenvalue weighted by molar-refractivity contribution is 5.83. The number of hydrogen-bond acceptors (Lipinski definition) is 17. The van der Waals surface area contributed by atoms with Crippen LogP contribution in [0.25, 0.3) is 0 Å². The van der Waals surface area contributed by atoms with Gasteiger partial charge in [0.05, 0.1) is 59.0 Å². The number of ether oxygens (including phenoxy) is 6. The van der Waals surface area contributed by atoms with Crippen molar-refractivity contribution in [2.45, 2.75) is 389 Å². The van der Waals surface area contributed by atoms with Gasteiger partial charge in [-0.3, -0.25) is 0 Å². The quantitative estimate of drug-likeness (QED) is 0.0275. The van der Waals surface area contributed by atoms with Crippen molar-refractivity contribution in [1.82, 2.24) is 10.6 Å². The van der Waals surface area contributed by atoms with Gasteiger partial charge in [-0.1, -0.05) is 95.9 Å². The van der Waals surface area contributed by atoms with Crippen LogP contribution >= 0.6 is 0 Å². The number of amides is 2. The van der Waals surface area contributed by atoms with E-state index in [0.717, 1.165) is 89.9 Å². The lowest BCUT2D eigenvalue weighted by Crippen LogP contribution is -2.63. The number of benzene rings is 1. The summed E-state index contributed by atoms with van der Waals surface area (Å²) in [6.07, 6.45) is 11.8. The van der Waals surface area contributed by atoms with Gasteiger partial charge in [0.1, 0.15) is 35.5 Å². The molecule has 2 amide bonds. The molecule has 4 spiro atoms. The van der Waals surface area contributed by atoms with Crippen LogP contribution < -0.4 is 10.6 Å². The van der Waals surface area contributed by atoms with Crippen LogP contribution in [0.15, 0.2) is 0 Å². The molecule has 28 atom stereocenters. The first-order chi connectivity index (χ1) is 51.1. The third-order valence-corrected chi connectivity index (χ3v) is 33.5. The van der Waals surface area contributed by atoms with Gasteiger partial charge >= 0.3 is 24.1 Å². The molecule has 0 aromatic heterocycles. The number of hydrogen-bond donors (Lipinski definition) is 9. The zero-order valence-corrected chi connectivity index (χ0v) is 71.6. The van der Waals surface area contributed by atoms with Crippen molar-refractivity contribution in [3.63, 3.8) is 0 Å². The lowest BCUT2D eigenvalue weighted by atomic mass is 9.41. The number of phenols is 1. The van der Waals surface area contributed by atoms with Crippen molar-refractivity contribution < 1.29 is 105 Å². The second kappa shape index (κ2) is 28.8. The molecular weight excluding hydrogens is 1450 g/mol. The van der Waals surface area contributed by atoms with Crippen molar-refractivity contribution in [1.29, 1.82) is 0 Å². The number of esters is 2. The summed E-state index contributed by atoms with van der Waals surface area (Å²) in [6.45, 7) is 48.3. The molecule has 0 bridgehead atoms. The average molecular weight is 1590 g/mol. The maximum absolute atomic E-state index is 14.8. The molecular formula is C88H139F5N2O17. The maximum Gasteiger partial charge on any atom is 0.408 e. The van der Waals surface area contributed by atoms with Gasteiger partial charge in [-0.2, -0.15) is 8.78 Å². The number of halogens is 5. The largest absolute Gasteiger partial charge is 0.503 e. The molecule has 2 heterocycles. The SMILES string of the molecule is CC(C)(O)[C@@H]1CC[C@](C)([C@H]2[C@@H](O)C[C@@]3(C)C4C[C@H](O)[C@H]5C(C)(C)[C@@H](O)CC[C@@]56C[C@@]46CC[C@]23C)O1.CCC(C)[C@H](NC(=O)OC(C)(C)C)C(=O)O[C@H]1CC2[C@]3(CC[C@]4(C)[C@@H]([C@@]5(C)CC[C@@H](C(C)(C)O)O5)[C@@H](O)C[C@@]24C)C[C@@]32CC[C@H](OC(=O)[C@@H](NC(=O)OC(C)(C)C)C(C)CC)C(C)(C)[C@H]12.Oc1c(F)c(F)c(F)c(F)c1F. The summed E-state index contributed by atoms with van der Waals surface area (Å²) in [5.41, 5.74) is -6.14. The molecule has 112 heavy (non-hydrogen) atoms. The number of rotatable bonds is 14. The van der Waals surface area contributed by atoms with Gasteiger partial charge in [-0.15, -0.1) is 0 Å². The third kappa shape index (κ3) is 14.0. The van der Waals surface area contributed by atoms with Crippen LogP contribution in [0.3, 0.4) is 0 Å². The van der Waals surface area contributed by atoms with Gasteiger partial charge in [0.15, 0.2) is 5.75 Å². The van der Waals surface area contributed by atoms with Crippen molar-refractivity contribution in [3.8, 4) is 5.75 Å². The molecule has 19 nitrogen and oxygen atoms in total. The van der Waals surface area contributed by atoms with Gasteiger partial charge in [-0.25, -0.2) is 32.3 Å². The Bertz CT molecular complexity index is 3640. The fourth-order valence-electron chi connectivity index (χ4n) is 27.8. The van der Waals surface area contributed by atoms with Gasteiger partial charge in [-0.05, 0) is 277 Å². The van der Waals surface area contributed by atoms with Crippen LogP contribution in [0.4, 0.5) is 31.5 Å². The number of aliphatic hydroxyl groups is 6. The molecule has 638 valence electrons. The Hall–Kier alpha value is -4.17. The molecule has 10 saturated carbocycles. The van der Waals surface area contributed by atoms with E-state index in [0.29, 0.717) is 38.0 Å². The highest BCUT2D eigenvalue weighted by Crippen LogP contribution is 2.91. The number of fused-ring (bicyclic) bond motifs is 4. The van der Waals surface area contributed by atoms with E-state index in [9.17, 15) is 71.8 Å². The molecule has 9 N–H and O–H groups in total. The zero-order chi connectivity index (χ0) is 84.0. The summed E-state index contributed by atoms with van der Waals surface area (Å²) in [6, 6.07) is -1.88. The van der Waals surface area contributed by atoms with E-state index in [1.807, 2.05) is 41.5 Å². The number of nitrogens with one attached hydrogen (secondary N) is 2. The number of aromatic hydroxyl groups is 1. The third-order valence-electron chi connectivity index (χ3n) is 33.5. The molecule has 2 aliphatic heterocycles. The standard InChI is InChI=1S/C52H88N2O11.C30H50O5.C6HF5O/c1-18-29(3)36(53-42(58)64-44(5,6)7)40(56)61-32-26-33-49(16)27-31(55)38(50(17)22-20-35(63-50)47(13,14)60)48(49,15)24-25-51(33)28-52(51)23-21-34(46(11,12)39(32)52)62-41(57)37(30(4)19-2)54-43(59)65-45(8,9)10;1-24(2)20(33)8-11-30-16-29(30)13-12-26(5)23(28(7)10-9-21(35-28)25(3,4)34)18(32)15-27(26,6)19(29)14-17(31)22(24)30;7-1-2(8)4(10)6(12)5(11)3(1)9/h29-39,55,60H,18-28H2,1-17H3,(H,53,58)(H,54,59);17-23,31-34H,8-16H2,1-7H3;12H/t29?,30?,31-,32-,33?,34-,35-,36-,37-,38-,39-,48+,49-,50+,51-,52+;17-,18-,19?,20-,21-,22-,23-,26+,27-,28+,29-,30+;/m00./s1. The Kier molecular flexibility index (Phi) is 22.8. The first-order valence-corrected chi connectivity index (χ1v) is 42.2. The molecule has 10 aliphatic carbocycles. The molecule has 12 aliphatic rings. The summed E-state index contributed by atoms with van der Waals surface area (Å²) in [5.74, 6) is -14.1. The highest BCUT2D eigenvalue weighted by atomic mass is 19.2. The van der Waals surface area contributed by atoms with Gasteiger partial charge in [0, 0.05) is 23.2 Å². The Labute approximate surface area is 662 Å². The second-order valence-electron chi connectivity index (χ2n) is 43.5. The van der Waals surface area contributed by atoms with Crippen LogP contribution in [0, 0.1) is 131 Å². The lowest BCUT2D eigenvalue weighted by molar-refractivity contribution is -0.226. The number of carbonyl (C=O) groups is 4. The predicted molar refractivity (Wildman–Crippen MR) is 410 cm³/mol. The average Bonchev–Trinajstić information content (AvgIpc) is 1.47. The molecule has 2 saturated heterocycles. The molecule has 12 fully saturated rings. The Morgan fingerprint density at radius 2 is 0.857 bits per heavy atom. The van der Waals surface area contributed by atoms with Crippen LogP contribution in [-0.2, 0) is 38.0 Å². The topological polar surface area (TPSA) is 289 Å². The first-order valence-electron chi connectivity index (χ1n) is 42.2. The Morgan fingerprint density at radius 3 is 1.25 bits per heavy atom. The van der Waals surface area contributed by atoms with E-state index >= 15 is 0 Å². The monoisotopic (exact) mass is 1590 g/mol. The van der Waals surface area contributed by atoms with E-state index in [-0.39, 0.29) is 108 Å². The summed E-state index contributed by atoms with van der Waals surface area (Å²) in [5, 5.41) is 82.4. The highest BCUT2D eigenvalue weighted by Gasteiger charge is 2.87. The van der Waals surface area contributed by atoms with E-state index in [2.05, 4.69) is 79.9 Å². The fourth-order valence-corrected chi connectivity index (χ4v) is 27.8. The Morgan fingerprint density at radius 1 is 0.473 bits per heavy atom. The van der Waals surface area contributed by atoms with E-state index in [4.69, 9.17) is 33.5 Å². The fraction of sp³-hybridized carbons (Fsp3) is 0.886. The summed E-state index contributed by atoms with van der Waals surface area (Å²) in [7, 11) is 0. The second-order valence-corrected chi connectivity index (χ2v) is 43.5. The van der Waals surface area contributed by atoms with Crippen LogP contribution in [0.2, 0.25) is 0 Å². The van der Waals surface area contributed by atoms with Crippen LogP contribution in [-0.4, -0.2) is 154 Å². The molecule has 13 rings (SSSR count). The Balaban J connectivity index is 0.000000216. The van der Waals surface area contributed by atoms with Crippen molar-refractivity contribution in [3.05, 3.63) is 29.1 Å². The minimum atomic E-state index is -2.29. The van der Waals surface area contributed by atoms with E-state index < -0.39 is 141 Å². The first kappa shape index (κ1) is 88.6. The van der Waals surface area contributed by atoms with Gasteiger partial charge in [0.2, 0.25) is 29.1 Å². The van der Waals surface area contributed by atoms with Crippen molar-refractivity contribution >= 4 is 24.1 Å². The molecule has 24 heteroatoms. The van der Waals surface area contributed by atoms with Gasteiger partial charge in [0.25, 0.3) is 0 Å². The van der Waals surface area contributed by atoms with Crippen LogP contribution in [0.5, 0.6) is 5.75 Å². The van der Waals surface area contributed by atoms with Crippen molar-refractivity contribution in [2.24, 2.45) is 101 Å². The summed E-state index contributed by atoms with van der Waals surface area (Å²) >= 11 is 0. The number of aliphatic hydroxyl groups excluding tert-OH is 4. The number of alkyl carbamates (subject to hydrolysis) is 2. The zero-order valence-electron chi connectivity index (χ0n) is 71.6. The molecule has 1 aromatic rings. The van der Waals surface area contributed by atoms with E-state index in [1.54, 1.807) is 55.4 Å². The number of phenolic OH excluding ortho intramolecular Hbond substituents is 1. The predicted octanol–water partition coefficient (Wildman–Crippen LogP) is 15.9. The summed E-state index contributed by atoms with van der Waals surface area (Å²) < 4.78 is 98.8. The molecule has 0 radical (unpaired) electrons. The molecule has 1 aromatic carbocycles. The number of carbonyl (C=O) groups excluding carboxylic acids is 4. The van der Waals surface area contributed by atoms with Crippen molar-refractivity contribution in [2.75, 3.05) is 0 Å². The molecule has 4 unspecified atom stereocenters. The normalized spacial score (nSPS) is 43.6. The van der Waals surface area contributed by atoms with Gasteiger partial charge < -0.3 is 74.8 Å². The minimum Gasteiger partial charge on any atom is -0.503 e. The van der Waals surface area contributed by atoms with E-state index in [1.165, 1.54) is 6.42 Å². The minimum absolute atomic E-state index is 0.0267. The maximum atomic E-state index is 14.8. The smallest absolute Gasteiger partial charge is 0.408 e. The summed E-state index contributed by atoms with van der Waals surface area (Å²) in [4.78, 5) is 55.5. The lowest BCUT2D eigenvalue weighted by Gasteiger charge is -2.64. The van der Waals surface area contributed by atoms with Crippen LogP contribution in [0.1, 0.15) is 295 Å².